The Morgan fingerprint density at radius 2 is 1.67 bits per heavy atom. The number of aromatic nitrogens is 1. The number of nitrogens with zero attached hydrogens (tertiary/aromatic N) is 1. The van der Waals surface area contributed by atoms with Crippen molar-refractivity contribution in [2.45, 2.75) is 4.34 Å². The molecule has 0 saturated carbocycles. The number of thioether (sulfide) groups is 1. The van der Waals surface area contributed by atoms with E-state index in [-0.39, 0.29) is 5.91 Å². The predicted octanol–water partition coefficient (Wildman–Crippen LogP) is 7.10. The molecule has 150 valence electrons. The van der Waals surface area contributed by atoms with Crippen molar-refractivity contribution in [3.8, 4) is 22.8 Å². The molecule has 0 spiro atoms. The number of ether oxygens (including phenoxy) is 1. The van der Waals surface area contributed by atoms with Gasteiger partial charge in [0.1, 0.15) is 11.5 Å². The van der Waals surface area contributed by atoms with Crippen LogP contribution in [0.4, 0.5) is 5.69 Å². The van der Waals surface area contributed by atoms with Crippen molar-refractivity contribution in [1.82, 2.24) is 4.98 Å². The van der Waals surface area contributed by atoms with E-state index in [0.29, 0.717) is 5.75 Å². The monoisotopic (exact) mass is 496 g/mol. The van der Waals surface area contributed by atoms with Crippen LogP contribution in [0.2, 0.25) is 0 Å². The van der Waals surface area contributed by atoms with Crippen LogP contribution in [0.5, 0.6) is 11.5 Å². The lowest BCUT2D eigenvalue weighted by molar-refractivity contribution is -0.113. The average Bonchev–Trinajstić information content (AvgIpc) is 3.24. The highest BCUT2D eigenvalue weighted by Gasteiger charge is 2.09. The molecule has 0 aliphatic rings. The zero-order chi connectivity index (χ0) is 20.8. The summed E-state index contributed by atoms with van der Waals surface area (Å²) in [4.78, 5) is 16.9. The molecular weight excluding hydrogens is 480 g/mol. The number of thiazole rings is 1. The first-order chi connectivity index (χ1) is 14.7. The van der Waals surface area contributed by atoms with Gasteiger partial charge in [-0.05, 0) is 48.5 Å². The van der Waals surface area contributed by atoms with Gasteiger partial charge in [0.15, 0.2) is 4.34 Å². The Kier molecular flexibility index (Phi) is 6.84. The maximum absolute atomic E-state index is 12.3. The third-order valence-electron chi connectivity index (χ3n) is 4.07. The normalized spacial score (nSPS) is 10.6. The van der Waals surface area contributed by atoms with E-state index >= 15 is 0 Å². The van der Waals surface area contributed by atoms with E-state index in [1.165, 1.54) is 11.8 Å². The van der Waals surface area contributed by atoms with Crippen molar-refractivity contribution in [2.75, 3.05) is 11.1 Å². The number of hydrogen-bond acceptors (Lipinski definition) is 5. The maximum Gasteiger partial charge on any atom is 0.234 e. The summed E-state index contributed by atoms with van der Waals surface area (Å²) in [5.74, 6) is 1.72. The number of rotatable bonds is 7. The molecule has 0 aliphatic heterocycles. The Bertz CT molecular complexity index is 1110. The second kappa shape index (κ2) is 9.93. The summed E-state index contributed by atoms with van der Waals surface area (Å²) < 4.78 is 7.67. The van der Waals surface area contributed by atoms with Crippen molar-refractivity contribution in [2.24, 2.45) is 0 Å². The van der Waals surface area contributed by atoms with E-state index in [1.807, 2.05) is 84.2 Å². The molecule has 1 aromatic heterocycles. The summed E-state index contributed by atoms with van der Waals surface area (Å²) in [6.45, 7) is 0. The molecule has 30 heavy (non-hydrogen) atoms. The van der Waals surface area contributed by atoms with Crippen LogP contribution in [0, 0.1) is 0 Å². The lowest BCUT2D eigenvalue weighted by Crippen LogP contribution is -2.13. The van der Waals surface area contributed by atoms with Crippen LogP contribution in [-0.4, -0.2) is 16.6 Å². The summed E-state index contributed by atoms with van der Waals surface area (Å²) in [7, 11) is 0. The van der Waals surface area contributed by atoms with E-state index in [4.69, 9.17) is 4.74 Å². The Balaban J connectivity index is 1.28. The molecule has 0 aliphatic carbocycles. The molecule has 0 atom stereocenters. The molecule has 4 nitrogen and oxygen atoms in total. The van der Waals surface area contributed by atoms with Gasteiger partial charge in [0.25, 0.3) is 0 Å². The minimum atomic E-state index is -0.0721. The molecule has 0 bridgehead atoms. The third-order valence-corrected chi connectivity index (χ3v) is 6.62. The fourth-order valence-electron chi connectivity index (χ4n) is 2.63. The number of hydrogen-bond donors (Lipinski definition) is 1. The molecule has 0 radical (unpaired) electrons. The number of nitrogens with one attached hydrogen (secondary N) is 1. The fraction of sp³-hybridized carbons (Fsp3) is 0.0435. The highest BCUT2D eigenvalue weighted by Crippen LogP contribution is 2.29. The Hall–Kier alpha value is -2.61. The van der Waals surface area contributed by atoms with Gasteiger partial charge in [-0.1, -0.05) is 58.0 Å². The van der Waals surface area contributed by atoms with E-state index < -0.39 is 0 Å². The Labute approximate surface area is 191 Å². The summed E-state index contributed by atoms with van der Waals surface area (Å²) >= 11 is 6.41. The molecule has 3 aromatic carbocycles. The number of halogens is 1. The van der Waals surface area contributed by atoms with Crippen LogP contribution in [0.25, 0.3) is 11.3 Å². The molecule has 1 heterocycles. The van der Waals surface area contributed by atoms with E-state index in [1.54, 1.807) is 11.3 Å². The second-order valence-electron chi connectivity index (χ2n) is 6.28. The molecule has 4 rings (SSSR count). The van der Waals surface area contributed by atoms with Gasteiger partial charge in [-0.25, -0.2) is 4.98 Å². The van der Waals surface area contributed by atoms with Crippen molar-refractivity contribution in [3.63, 3.8) is 0 Å². The predicted molar refractivity (Wildman–Crippen MR) is 128 cm³/mol. The fourth-order valence-corrected chi connectivity index (χ4v) is 4.53. The second-order valence-corrected chi connectivity index (χ2v) is 9.28. The SMILES string of the molecule is O=C(CSc1nc(-c2ccc(Br)cc2)cs1)Nc1ccc(Oc2ccccc2)cc1. The zero-order valence-corrected chi connectivity index (χ0v) is 19.0. The first-order valence-corrected chi connectivity index (χ1v) is 11.8. The van der Waals surface area contributed by atoms with Gasteiger partial charge < -0.3 is 10.1 Å². The number of carbonyl (C=O) groups is 1. The highest BCUT2D eigenvalue weighted by molar-refractivity contribution is 9.10. The molecule has 1 N–H and O–H groups in total. The zero-order valence-electron chi connectivity index (χ0n) is 15.7. The summed E-state index contributed by atoms with van der Waals surface area (Å²) in [6.07, 6.45) is 0. The van der Waals surface area contributed by atoms with E-state index in [2.05, 4.69) is 26.2 Å². The number of amides is 1. The van der Waals surface area contributed by atoms with Crippen LogP contribution in [0.15, 0.2) is 93.1 Å². The number of anilines is 1. The lowest BCUT2D eigenvalue weighted by atomic mass is 10.2. The molecule has 4 aromatic rings. The first kappa shape index (κ1) is 20.7. The molecule has 0 unspecified atom stereocenters. The van der Waals surface area contributed by atoms with Crippen LogP contribution >= 0.6 is 39.0 Å². The van der Waals surface area contributed by atoms with Gasteiger partial charge in [-0.3, -0.25) is 4.79 Å². The van der Waals surface area contributed by atoms with Crippen molar-refractivity contribution in [3.05, 3.63) is 88.7 Å². The maximum atomic E-state index is 12.3. The van der Waals surface area contributed by atoms with Gasteiger partial charge in [0.05, 0.1) is 11.4 Å². The topological polar surface area (TPSA) is 51.2 Å². The highest BCUT2D eigenvalue weighted by atomic mass is 79.9. The first-order valence-electron chi connectivity index (χ1n) is 9.13. The van der Waals surface area contributed by atoms with Crippen LogP contribution < -0.4 is 10.1 Å². The van der Waals surface area contributed by atoms with Gasteiger partial charge in [-0.2, -0.15) is 0 Å². The van der Waals surface area contributed by atoms with E-state index in [9.17, 15) is 4.79 Å². The number of benzene rings is 3. The van der Waals surface area contributed by atoms with Crippen molar-refractivity contribution >= 4 is 50.6 Å². The molecule has 0 saturated heterocycles. The number of para-hydroxylation sites is 1. The molecule has 7 heteroatoms. The van der Waals surface area contributed by atoms with Gasteiger partial charge in [0, 0.05) is 21.1 Å². The molecule has 0 fully saturated rings. The van der Waals surface area contributed by atoms with Gasteiger partial charge in [-0.15, -0.1) is 11.3 Å². The summed E-state index contributed by atoms with van der Waals surface area (Å²) in [5.41, 5.74) is 2.71. The van der Waals surface area contributed by atoms with E-state index in [0.717, 1.165) is 37.3 Å². The quantitative estimate of drug-likeness (QED) is 0.277. The van der Waals surface area contributed by atoms with Gasteiger partial charge in [0.2, 0.25) is 5.91 Å². The molecular formula is C23H17BrN2O2S2. The Morgan fingerprint density at radius 3 is 2.40 bits per heavy atom. The third kappa shape index (κ3) is 5.72. The average molecular weight is 497 g/mol. The van der Waals surface area contributed by atoms with Gasteiger partial charge >= 0.3 is 0 Å². The van der Waals surface area contributed by atoms with Crippen LogP contribution in [0.1, 0.15) is 0 Å². The number of carbonyl (C=O) groups excluding carboxylic acids is 1. The van der Waals surface area contributed by atoms with Crippen molar-refractivity contribution < 1.29 is 9.53 Å². The minimum Gasteiger partial charge on any atom is -0.457 e. The smallest absolute Gasteiger partial charge is 0.234 e. The van der Waals surface area contributed by atoms with Crippen molar-refractivity contribution in [1.29, 1.82) is 0 Å². The standard InChI is InChI=1S/C23H17BrN2O2S2/c24-17-8-6-16(7-9-17)21-14-29-23(26-21)30-15-22(27)25-18-10-12-20(13-11-18)28-19-4-2-1-3-5-19/h1-14H,15H2,(H,25,27). The summed E-state index contributed by atoms with van der Waals surface area (Å²) in [5, 5.41) is 4.91. The lowest BCUT2D eigenvalue weighted by Gasteiger charge is -2.07. The molecule has 1 amide bonds. The minimum absolute atomic E-state index is 0.0721. The van der Waals surface area contributed by atoms with Crippen LogP contribution in [0.3, 0.4) is 0 Å². The van der Waals surface area contributed by atoms with Crippen LogP contribution in [-0.2, 0) is 4.79 Å². The largest absolute Gasteiger partial charge is 0.457 e. The summed E-state index contributed by atoms with van der Waals surface area (Å²) in [6, 6.07) is 24.9. The Morgan fingerprint density at radius 1 is 0.967 bits per heavy atom.